The normalized spacial score (nSPS) is 13.2. The van der Waals surface area contributed by atoms with Crippen molar-refractivity contribution >= 4 is 46.5 Å². The van der Waals surface area contributed by atoms with Gasteiger partial charge in [0.2, 0.25) is 6.41 Å². The number of aromatic nitrogens is 1. The molecule has 0 unspecified atom stereocenters. The fraction of sp³-hybridized carbons (Fsp3) is 0.250. The van der Waals surface area contributed by atoms with Crippen LogP contribution in [0.2, 0.25) is 0 Å². The van der Waals surface area contributed by atoms with Gasteiger partial charge in [-0.3, -0.25) is 9.59 Å². The number of hydrogen-bond acceptors (Lipinski definition) is 6. The zero-order valence-corrected chi connectivity index (χ0v) is 23.2. The molecule has 0 aliphatic heterocycles. The highest BCUT2D eigenvalue weighted by molar-refractivity contribution is 6.07. The van der Waals surface area contributed by atoms with Crippen LogP contribution in [-0.4, -0.2) is 48.9 Å². The average molecular weight is 540 g/mol. The van der Waals surface area contributed by atoms with Crippen molar-refractivity contribution in [1.82, 2.24) is 9.88 Å². The minimum atomic E-state index is -0.519. The highest BCUT2D eigenvalue weighted by atomic mass is 16.5. The number of hydrogen-bond donors (Lipinski definition) is 1. The van der Waals surface area contributed by atoms with Gasteiger partial charge in [-0.1, -0.05) is 24.3 Å². The lowest BCUT2D eigenvalue weighted by atomic mass is 9.86. The highest BCUT2D eigenvalue weighted by Gasteiger charge is 2.26. The van der Waals surface area contributed by atoms with Crippen LogP contribution < -0.4 is 5.32 Å². The molecule has 2 aromatic carbocycles. The monoisotopic (exact) mass is 539 g/mol. The molecule has 0 bridgehead atoms. The number of anilines is 1. The molecule has 2 aromatic heterocycles. The molecule has 5 rings (SSSR count). The van der Waals surface area contributed by atoms with Crippen LogP contribution in [0, 0.1) is 13.8 Å². The first-order valence-electron chi connectivity index (χ1n) is 13.1. The molecule has 1 aliphatic carbocycles. The molecule has 0 saturated heterocycles. The number of ether oxygens (including phenoxy) is 1. The van der Waals surface area contributed by atoms with Gasteiger partial charge in [0.25, 0.3) is 5.91 Å². The smallest absolute Gasteiger partial charge is 0.339 e. The van der Waals surface area contributed by atoms with Gasteiger partial charge in [0.15, 0.2) is 6.61 Å². The molecule has 1 N–H and O–H groups in total. The number of para-hydroxylation sites is 1. The van der Waals surface area contributed by atoms with Crippen molar-refractivity contribution in [3.63, 3.8) is 0 Å². The Kier molecular flexibility index (Phi) is 9.11. The second kappa shape index (κ2) is 12.9. The predicted molar refractivity (Wildman–Crippen MR) is 156 cm³/mol. The zero-order valence-electron chi connectivity index (χ0n) is 23.2. The van der Waals surface area contributed by atoms with Crippen molar-refractivity contribution in [3.8, 4) is 0 Å². The third-order valence-corrected chi connectivity index (χ3v) is 6.28. The molecule has 2 heterocycles. The number of amides is 2. The lowest BCUT2D eigenvalue weighted by Gasteiger charge is -2.22. The molecule has 0 spiro atoms. The molecule has 2 amide bonds. The van der Waals surface area contributed by atoms with Gasteiger partial charge in [-0.2, -0.15) is 0 Å². The van der Waals surface area contributed by atoms with Gasteiger partial charge in [0.1, 0.15) is 5.76 Å². The Morgan fingerprint density at radius 3 is 2.45 bits per heavy atom. The van der Waals surface area contributed by atoms with Crippen LogP contribution in [0.15, 0.2) is 65.3 Å². The van der Waals surface area contributed by atoms with Gasteiger partial charge < -0.3 is 19.4 Å². The van der Waals surface area contributed by atoms with Crippen molar-refractivity contribution in [1.29, 1.82) is 0 Å². The number of benzene rings is 2. The summed E-state index contributed by atoms with van der Waals surface area (Å²) in [5.41, 5.74) is 6.64. The van der Waals surface area contributed by atoms with E-state index in [0.29, 0.717) is 23.2 Å². The lowest BCUT2D eigenvalue weighted by Crippen LogP contribution is -2.22. The van der Waals surface area contributed by atoms with Gasteiger partial charge >= 0.3 is 5.97 Å². The van der Waals surface area contributed by atoms with Crippen LogP contribution in [0.5, 0.6) is 0 Å². The van der Waals surface area contributed by atoms with Crippen LogP contribution in [-0.2, 0) is 20.7 Å². The highest BCUT2D eigenvalue weighted by Crippen LogP contribution is 2.36. The summed E-state index contributed by atoms with van der Waals surface area (Å²) in [5.74, 6) is -0.154. The van der Waals surface area contributed by atoms with E-state index in [1.165, 1.54) is 4.90 Å². The summed E-state index contributed by atoms with van der Waals surface area (Å²) in [4.78, 5) is 41.7. The van der Waals surface area contributed by atoms with Crippen LogP contribution >= 0.6 is 0 Å². The lowest BCUT2D eigenvalue weighted by molar-refractivity contribution is -0.119. The van der Waals surface area contributed by atoms with Gasteiger partial charge in [0.05, 0.1) is 23.0 Å². The molecule has 0 atom stereocenters. The van der Waals surface area contributed by atoms with Gasteiger partial charge in [0, 0.05) is 25.2 Å². The number of aryl methyl sites for hydroxylation is 2. The Labute approximate surface area is 233 Å². The number of furan rings is 1. The number of nitrogens with zero attached hydrogens (tertiary/aromatic N) is 2. The molecule has 0 radical (unpaired) electrons. The van der Waals surface area contributed by atoms with E-state index in [1.807, 2.05) is 74.5 Å². The first kappa shape index (κ1) is 28.3. The SMILES string of the molecule is CN(C)C=O.Cc1cc(C)cc(NC(=O)COC(=O)c2c3c(nc4ccccc24)C(=Cc2ccco2)CCC3)c1. The first-order chi connectivity index (χ1) is 19.2. The van der Waals surface area contributed by atoms with Gasteiger partial charge in [-0.25, -0.2) is 9.78 Å². The van der Waals surface area contributed by atoms with Crippen molar-refractivity contribution in [2.24, 2.45) is 0 Å². The fourth-order valence-corrected chi connectivity index (χ4v) is 4.70. The van der Waals surface area contributed by atoms with Crippen molar-refractivity contribution < 1.29 is 23.5 Å². The Morgan fingerprint density at radius 2 is 1.77 bits per heavy atom. The number of nitrogens with one attached hydrogen (secondary N) is 1. The van der Waals surface area contributed by atoms with E-state index in [9.17, 15) is 14.4 Å². The second-order valence-corrected chi connectivity index (χ2v) is 9.94. The summed E-state index contributed by atoms with van der Waals surface area (Å²) in [6.45, 7) is 3.57. The standard InChI is InChI=1S/C29H26N2O4.C3H7NO/c1-18-13-19(2)15-21(14-18)30-26(32)17-35-29(33)27-23-9-3-4-11-25(23)31-28-20(7-5-10-24(27)28)16-22-8-6-12-34-22;1-4(2)3-5/h3-4,6,8-9,11-16H,5,7,10,17H2,1-2H3,(H,30,32);3H,1-2H3. The summed E-state index contributed by atoms with van der Waals surface area (Å²) in [5, 5.41) is 3.54. The largest absolute Gasteiger partial charge is 0.465 e. The molecule has 8 heteroatoms. The average Bonchev–Trinajstić information content (AvgIpc) is 3.43. The number of esters is 1. The minimum absolute atomic E-state index is 0.369. The minimum Gasteiger partial charge on any atom is -0.465 e. The third-order valence-electron chi connectivity index (χ3n) is 6.28. The number of carbonyl (C=O) groups is 3. The maximum absolute atomic E-state index is 13.4. The van der Waals surface area contributed by atoms with Crippen molar-refractivity contribution in [2.45, 2.75) is 33.1 Å². The van der Waals surface area contributed by atoms with Crippen LogP contribution in [0.4, 0.5) is 5.69 Å². The summed E-state index contributed by atoms with van der Waals surface area (Å²) < 4.78 is 11.0. The summed E-state index contributed by atoms with van der Waals surface area (Å²) in [7, 11) is 3.38. The zero-order chi connectivity index (χ0) is 28.6. The molecule has 206 valence electrons. The number of carbonyl (C=O) groups excluding carboxylic acids is 3. The molecule has 0 saturated carbocycles. The van der Waals surface area contributed by atoms with Crippen LogP contribution in [0.1, 0.15) is 51.3 Å². The maximum atomic E-state index is 13.4. The second-order valence-electron chi connectivity index (χ2n) is 9.94. The summed E-state index contributed by atoms with van der Waals surface area (Å²) in [6, 6.07) is 17.1. The molecule has 40 heavy (non-hydrogen) atoms. The number of pyridine rings is 1. The molecular weight excluding hydrogens is 506 g/mol. The number of rotatable bonds is 6. The van der Waals surface area contributed by atoms with E-state index in [2.05, 4.69) is 5.32 Å². The van der Waals surface area contributed by atoms with Gasteiger partial charge in [-0.15, -0.1) is 0 Å². The van der Waals surface area contributed by atoms with Crippen LogP contribution in [0.25, 0.3) is 22.6 Å². The molecule has 1 aliphatic rings. The fourth-order valence-electron chi connectivity index (χ4n) is 4.70. The molecule has 8 nitrogen and oxygen atoms in total. The topological polar surface area (TPSA) is 102 Å². The first-order valence-corrected chi connectivity index (χ1v) is 13.1. The van der Waals surface area contributed by atoms with Crippen molar-refractivity contribution in [3.05, 3.63) is 94.6 Å². The maximum Gasteiger partial charge on any atom is 0.339 e. The van der Waals surface area contributed by atoms with E-state index < -0.39 is 5.97 Å². The van der Waals surface area contributed by atoms with Gasteiger partial charge in [-0.05, 0) is 91.8 Å². The van der Waals surface area contributed by atoms with E-state index in [-0.39, 0.29) is 12.5 Å². The van der Waals surface area contributed by atoms with E-state index in [4.69, 9.17) is 14.1 Å². The Morgan fingerprint density at radius 1 is 1.05 bits per heavy atom. The third kappa shape index (κ3) is 7.02. The van der Waals surface area contributed by atoms with Crippen LogP contribution in [0.3, 0.4) is 0 Å². The summed E-state index contributed by atoms with van der Waals surface area (Å²) >= 11 is 0. The Bertz CT molecular complexity index is 1530. The summed E-state index contributed by atoms with van der Waals surface area (Å²) in [6.07, 6.45) is 6.79. The Hall–Kier alpha value is -4.72. The van der Waals surface area contributed by atoms with E-state index >= 15 is 0 Å². The predicted octanol–water partition coefficient (Wildman–Crippen LogP) is 5.82. The Balaban J connectivity index is 0.000000681. The quantitative estimate of drug-likeness (QED) is 0.245. The molecule has 4 aromatic rings. The number of allylic oxidation sites excluding steroid dienone is 1. The molecule has 0 fully saturated rings. The van der Waals surface area contributed by atoms with E-state index in [0.717, 1.165) is 58.4 Å². The number of fused-ring (bicyclic) bond motifs is 2. The van der Waals surface area contributed by atoms with E-state index in [1.54, 1.807) is 20.4 Å². The van der Waals surface area contributed by atoms with Crippen molar-refractivity contribution in [2.75, 3.05) is 26.0 Å². The molecular formula is C32H33N3O5.